The van der Waals surface area contributed by atoms with Crippen molar-refractivity contribution in [1.82, 2.24) is 78.7 Å². The zero-order chi connectivity index (χ0) is 104. The molecule has 13 amide bonds. The first kappa shape index (κ1) is 111. The summed E-state index contributed by atoms with van der Waals surface area (Å²) in [7, 11) is 0. The number of halogens is 4. The molecule has 0 radical (unpaired) electrons. The fourth-order valence-corrected chi connectivity index (χ4v) is 15.6. The van der Waals surface area contributed by atoms with E-state index in [0.717, 1.165) is 11.8 Å². The van der Waals surface area contributed by atoms with Gasteiger partial charge in [0.2, 0.25) is 70.9 Å². The molecule has 8 rings (SSSR count). The van der Waals surface area contributed by atoms with E-state index >= 15 is 0 Å². The van der Waals surface area contributed by atoms with Gasteiger partial charge in [0.25, 0.3) is 5.91 Å². The van der Waals surface area contributed by atoms with Gasteiger partial charge in [-0.05, 0) is 152 Å². The summed E-state index contributed by atoms with van der Waals surface area (Å²) >= 11 is 5.53. The number of nitrogens with zero attached hydrogens (tertiary/aromatic N) is 2. The van der Waals surface area contributed by atoms with Crippen molar-refractivity contribution in [3.8, 4) is 33.9 Å². The number of phenolic OH excluding ortho intramolecular Hbond substituents is 2. The van der Waals surface area contributed by atoms with Crippen molar-refractivity contribution in [1.29, 1.82) is 0 Å². The molecule has 0 saturated carbocycles. The number of hydrogen-bond donors (Lipinski definition) is 21. The number of rotatable bonds is 47. The molecule has 3 aliphatic rings. The second kappa shape index (κ2) is 49.5. The maximum Gasteiger partial charge on any atom is 0.336 e. The number of unbranched alkanes of at least 4 members (excludes halogenated alkanes) is 1. The Morgan fingerprint density at radius 3 is 1.66 bits per heavy atom. The van der Waals surface area contributed by atoms with Crippen LogP contribution in [0.25, 0.3) is 33.4 Å². The average molecular weight is 1980 g/mol. The van der Waals surface area contributed by atoms with Crippen LogP contribution in [0.2, 0.25) is 0 Å². The molecule has 3 heterocycles. The van der Waals surface area contributed by atoms with Gasteiger partial charge in [0, 0.05) is 79.3 Å². The van der Waals surface area contributed by atoms with Crippen molar-refractivity contribution >= 4 is 129 Å². The van der Waals surface area contributed by atoms with E-state index in [-0.39, 0.29) is 126 Å². The molecule has 0 unspecified atom stereocenters. The molecule has 5 aromatic rings. The molecule has 0 spiro atoms. The van der Waals surface area contributed by atoms with Crippen LogP contribution in [0.4, 0.5) is 23.2 Å². The Morgan fingerprint density at radius 2 is 1.11 bits per heavy atom. The largest absolute Gasteiger partial charge is 0.508 e. The number of likely N-dealkylation sites (tertiary alicyclic amines) is 1. The zero-order valence-corrected chi connectivity index (χ0v) is 79.4. The number of aromatic hydroxyl groups is 2. The number of aromatic carboxylic acids is 1. The number of aromatic amines is 1. The molecule has 1 aromatic heterocycles. The van der Waals surface area contributed by atoms with Gasteiger partial charge in [0.1, 0.15) is 89.3 Å². The van der Waals surface area contributed by atoms with Gasteiger partial charge >= 0.3 is 17.9 Å². The number of carboxylic acids is 3. The van der Waals surface area contributed by atoms with E-state index in [1.165, 1.54) is 100 Å². The van der Waals surface area contributed by atoms with Crippen LogP contribution in [0.15, 0.2) is 107 Å². The number of nitrogens with two attached hydrogens (primary N) is 1. The highest BCUT2D eigenvalue weighted by atomic mass is 32.1. The summed E-state index contributed by atoms with van der Waals surface area (Å²) in [4.78, 5) is 243. The number of imidazole rings is 1. The third kappa shape index (κ3) is 30.4. The number of fused-ring (bicyclic) bond motifs is 2. The van der Waals surface area contributed by atoms with Gasteiger partial charge in [0.05, 0.1) is 35.8 Å². The molecule has 140 heavy (non-hydrogen) atoms. The number of carbonyl (C=O) groups excluding carboxylic acids is 13. The number of thiocarbonyl (C=S) groups is 1. The van der Waals surface area contributed by atoms with Crippen LogP contribution < -0.4 is 80.3 Å². The smallest absolute Gasteiger partial charge is 0.336 e. The van der Waals surface area contributed by atoms with Gasteiger partial charge in [-0.1, -0.05) is 100 Å². The predicted octanol–water partition coefficient (Wildman–Crippen LogP) is 3.94. The van der Waals surface area contributed by atoms with Crippen molar-refractivity contribution in [2.75, 3.05) is 25.0 Å². The molecular weight excluding hydrogens is 1860 g/mol. The first-order chi connectivity index (χ1) is 65.8. The summed E-state index contributed by atoms with van der Waals surface area (Å²) in [5, 5.41) is 95.3. The SMILES string of the molecule is CC[C@H](C)[C@H](NC(=O)[C@@H](NC(=O)c1cc(F)c(F)c(F)c1F)C(C)(C)C)C(=O)N[C@H](C(=O)N[C@H](C(=O)N[C@H](C(=O)NCC(=O)N1CCC[C@H]1C(=O)N[C@@H](Cc1c[nH]cn1)C(=O)N[C@@H](CCC(=O)O)C(=O)N[C@@H](CCC(=O)O)C(=O)N[C@@H](Cc1ccc(O)cc1)C(=O)N[C@@H](CCCCNC(=S)Nc1ccc(-c2c3ccc(=O)cc-3oc3cc(O)ccc23)c(C(=O)O)c1)C(N)=O)[C@@H](C)O)[C@@H](C)CC)C(C)(C)C. The van der Waals surface area contributed by atoms with Gasteiger partial charge in [-0.25, -0.2) is 27.3 Å². The molecule has 22 N–H and O–H groups in total. The van der Waals surface area contributed by atoms with E-state index in [1.54, 1.807) is 60.6 Å². The molecule has 2 aliphatic heterocycles. The molecule has 4 aromatic carbocycles. The highest BCUT2D eigenvalue weighted by Gasteiger charge is 2.45. The quantitative estimate of drug-likeness (QED) is 0.00641. The number of aliphatic hydroxyl groups is 1. The Balaban J connectivity index is 0.896. The summed E-state index contributed by atoms with van der Waals surface area (Å²) in [6, 6.07) is 0.252. The van der Waals surface area contributed by atoms with Gasteiger partial charge in [-0.15, -0.1) is 0 Å². The lowest BCUT2D eigenvalue weighted by molar-refractivity contribution is -0.141. The molecule has 41 nitrogen and oxygen atoms in total. The summed E-state index contributed by atoms with van der Waals surface area (Å²) in [5.41, 5.74) is 3.55. The molecule has 1 fully saturated rings. The van der Waals surface area contributed by atoms with Crippen molar-refractivity contribution in [3.05, 3.63) is 153 Å². The minimum Gasteiger partial charge on any atom is -0.508 e. The fourth-order valence-electron chi connectivity index (χ4n) is 15.4. The van der Waals surface area contributed by atoms with Gasteiger partial charge in [-0.3, -0.25) is 76.7 Å². The fraction of sp³-hybridized carbons (Fsp3) is 0.457. The third-order valence-corrected chi connectivity index (χ3v) is 23.8. The summed E-state index contributed by atoms with van der Waals surface area (Å²) in [6.45, 7) is 15.9. The van der Waals surface area contributed by atoms with Crippen molar-refractivity contribution in [2.24, 2.45) is 28.4 Å². The topological polar surface area (TPSA) is 639 Å². The number of carboxylic acid groups (broad SMARTS) is 3. The predicted molar refractivity (Wildman–Crippen MR) is 500 cm³/mol. The Kier molecular flexibility index (Phi) is 39.1. The number of H-pyrrole nitrogens is 1. The Morgan fingerprint density at radius 1 is 0.564 bits per heavy atom. The minimum atomic E-state index is -2.28. The van der Waals surface area contributed by atoms with E-state index in [0.29, 0.717) is 22.1 Å². The number of benzene rings is 5. The summed E-state index contributed by atoms with van der Waals surface area (Å²) < 4.78 is 63.0. The lowest BCUT2D eigenvalue weighted by atomic mass is 9.84. The Labute approximate surface area is 805 Å². The maximum absolute atomic E-state index is 14.8. The monoisotopic (exact) mass is 1980 g/mol. The normalized spacial score (nSPS) is 15.4. The number of phenols is 2. The first-order valence-corrected chi connectivity index (χ1v) is 45.4. The van der Waals surface area contributed by atoms with E-state index in [1.807, 2.05) is 0 Å². The van der Waals surface area contributed by atoms with Crippen molar-refractivity contribution in [3.63, 3.8) is 0 Å². The molecule has 14 atom stereocenters. The third-order valence-electron chi connectivity index (χ3n) is 23.6. The highest BCUT2D eigenvalue weighted by Crippen LogP contribution is 2.43. The number of aliphatic carboxylic acids is 2. The lowest BCUT2D eigenvalue weighted by Gasteiger charge is -2.36. The number of aromatic nitrogens is 2. The Hall–Kier alpha value is -14.7. The molecule has 0 bridgehead atoms. The van der Waals surface area contributed by atoms with Gasteiger partial charge in [-0.2, -0.15) is 0 Å². The number of nitrogens with one attached hydrogen (secondary N) is 14. The highest BCUT2D eigenvalue weighted by molar-refractivity contribution is 7.80. The first-order valence-electron chi connectivity index (χ1n) is 45.0. The van der Waals surface area contributed by atoms with Crippen LogP contribution in [0, 0.1) is 45.9 Å². The van der Waals surface area contributed by atoms with Crippen molar-refractivity contribution < 1.29 is 129 Å². The molecule has 1 aliphatic carbocycles. The van der Waals surface area contributed by atoms with Gasteiger partial charge in [0.15, 0.2) is 33.8 Å². The summed E-state index contributed by atoms with van der Waals surface area (Å²) in [5.74, 6) is -28.5. The van der Waals surface area contributed by atoms with Gasteiger partial charge < -0.3 is 120 Å². The van der Waals surface area contributed by atoms with Crippen molar-refractivity contribution in [2.45, 2.75) is 232 Å². The number of hydrogen-bond acceptors (Lipinski definition) is 23. The lowest BCUT2D eigenvalue weighted by Crippen LogP contribution is -2.64. The Bertz CT molecular complexity index is 5800. The standard InChI is InChI=1S/C94H117F4N17O24S/c1-12-44(3)74(110-90(136)78(94(9,10)11)114-88(134)75(45(4)13-2)111-89(135)77(93(6,7)8)113-80(126)57-40-58(95)72(97)73(98)71(57)96)87(133)112-76(46(5)116)86(132)102-42-67(120)115-34-16-18-64(115)85(131)109-63(37-49-41-100-43-103-49)84(130)107-60(29-31-68(121)122)81(127)106-61(30-32-69(123)124)82(128)108-62(35-47-19-22-50(117)23-20-47)83(129)105-59(79(99)125)17-14-15-33-101-92(140)104-48-21-26-53(56(36-48)91(137)138)70-54-27-24-51(118)38-65(54)139-66-39-52(119)25-28-55(66)70/h19-28,36,38-41,43-46,59-64,74-78,116-118H,12-18,29-35,37,42H2,1-11H3,(H2,99,125)(H,100,103)(H,102,132)(H,105,129)(H,106,127)(H,107,130)(H,108,128)(H,109,131)(H,110,136)(H,111,135)(H,112,133)(H,113,126)(H,114,134)(H,121,122)(H,123,124)(H,137,138)(H2,101,104,140)/t44-,45-,46+,59-,60-,61-,62-,63-,64-,74-,75-,76-,77+,78+/m0/s1. The minimum absolute atomic E-state index is 0.0393. The maximum atomic E-state index is 14.8. The number of amides is 13. The molecular formula is C94H117F4N17O24S. The van der Waals surface area contributed by atoms with Crippen LogP contribution in [0.5, 0.6) is 11.5 Å². The number of aliphatic hydroxyl groups excluding tert-OH is 1. The van der Waals surface area contributed by atoms with E-state index < -0.39 is 257 Å². The van der Waals surface area contributed by atoms with E-state index in [9.17, 15) is 130 Å². The molecule has 756 valence electrons. The van der Waals surface area contributed by atoms with E-state index in [2.05, 4.69) is 79.1 Å². The number of primary amides is 1. The number of carbonyl (C=O) groups is 16. The number of anilines is 1. The van der Waals surface area contributed by atoms with Crippen LogP contribution in [0.3, 0.4) is 0 Å². The molecule has 46 heteroatoms. The van der Waals surface area contributed by atoms with Crippen LogP contribution in [-0.4, -0.2) is 238 Å². The average Bonchev–Trinajstić information content (AvgIpc) is 1.03. The zero-order valence-electron chi connectivity index (χ0n) is 78.6. The molecule has 1 saturated heterocycles. The summed E-state index contributed by atoms with van der Waals surface area (Å²) in [6.07, 6.45) is -2.09. The van der Waals surface area contributed by atoms with E-state index in [4.69, 9.17) is 22.4 Å². The second-order valence-corrected chi connectivity index (χ2v) is 36.7. The van der Waals surface area contributed by atoms with Crippen LogP contribution in [0.1, 0.15) is 179 Å². The van der Waals surface area contributed by atoms with Crippen LogP contribution >= 0.6 is 12.2 Å². The second-order valence-electron chi connectivity index (χ2n) is 36.3. The van der Waals surface area contributed by atoms with Crippen LogP contribution in [-0.2, 0) is 80.0 Å².